The van der Waals surface area contributed by atoms with Gasteiger partial charge in [-0.3, -0.25) is 14.5 Å². The number of halogens is 4. The lowest BCUT2D eigenvalue weighted by Crippen LogP contribution is -2.31. The highest BCUT2D eigenvalue weighted by Gasteiger charge is 2.45. The van der Waals surface area contributed by atoms with Gasteiger partial charge in [0.2, 0.25) is 5.78 Å². The van der Waals surface area contributed by atoms with Crippen molar-refractivity contribution in [3.63, 3.8) is 0 Å². The second-order valence-electron chi connectivity index (χ2n) is 8.28. The first-order valence-corrected chi connectivity index (χ1v) is 11.4. The van der Waals surface area contributed by atoms with Crippen molar-refractivity contribution in [3.8, 4) is 11.5 Å². The van der Waals surface area contributed by atoms with Crippen molar-refractivity contribution in [2.45, 2.75) is 12.4 Å². The number of fused-ring (bicyclic) bond motifs is 1. The molecule has 0 radical (unpaired) electrons. The zero-order valence-electron chi connectivity index (χ0n) is 19.5. The van der Waals surface area contributed by atoms with Gasteiger partial charge in [-0.05, 0) is 66.2 Å². The predicted molar refractivity (Wildman–Crippen MR) is 132 cm³/mol. The molecule has 1 amide bonds. The van der Waals surface area contributed by atoms with Crippen LogP contribution >= 0.6 is 11.6 Å². The Morgan fingerprint density at radius 2 is 1.66 bits per heavy atom. The van der Waals surface area contributed by atoms with Crippen molar-refractivity contribution >= 4 is 39.9 Å². The molecule has 0 spiro atoms. The van der Waals surface area contributed by atoms with Gasteiger partial charge in [-0.25, -0.2) is 0 Å². The molecule has 0 fully saturated rings. The molecule has 194 valence electrons. The summed E-state index contributed by atoms with van der Waals surface area (Å²) in [5, 5.41) is 11.9. The Morgan fingerprint density at radius 1 is 1.00 bits per heavy atom. The number of anilines is 1. The van der Waals surface area contributed by atoms with Crippen LogP contribution in [0.3, 0.4) is 0 Å². The maximum absolute atomic E-state index is 13.7. The molecule has 1 aromatic heterocycles. The van der Waals surface area contributed by atoms with E-state index in [0.29, 0.717) is 27.3 Å². The van der Waals surface area contributed by atoms with Crippen LogP contribution in [0.4, 0.5) is 18.9 Å². The number of carbonyl (C=O) groups is 2. The zero-order chi connectivity index (χ0) is 27.2. The lowest BCUT2D eigenvalue weighted by Gasteiger charge is -2.27. The summed E-state index contributed by atoms with van der Waals surface area (Å²) >= 11 is 6.03. The predicted octanol–water partition coefficient (Wildman–Crippen LogP) is 6.78. The van der Waals surface area contributed by atoms with Crippen LogP contribution in [0.15, 0.2) is 88.5 Å². The van der Waals surface area contributed by atoms with Crippen molar-refractivity contribution in [2.75, 3.05) is 12.0 Å². The molecule has 1 unspecified atom stereocenters. The Balaban J connectivity index is 1.59. The van der Waals surface area contributed by atoms with Gasteiger partial charge in [0.05, 0.1) is 18.7 Å². The summed E-state index contributed by atoms with van der Waals surface area (Å²) in [6.07, 6.45) is -4.90. The molecule has 4 aromatic rings. The number of ether oxygens (including phenoxy) is 2. The van der Waals surface area contributed by atoms with E-state index >= 15 is 0 Å². The monoisotopic (exact) mass is 543 g/mol. The van der Waals surface area contributed by atoms with Gasteiger partial charge in [0.15, 0.2) is 11.5 Å². The summed E-state index contributed by atoms with van der Waals surface area (Å²) in [5.41, 5.74) is 0.665. The normalized spacial score (nSPS) is 15.9. The fraction of sp³-hybridized carbons (Fsp3) is 0.111. The minimum atomic E-state index is -4.90. The minimum absolute atomic E-state index is 0.121. The summed E-state index contributed by atoms with van der Waals surface area (Å²) in [4.78, 5) is 28.0. The van der Waals surface area contributed by atoms with E-state index in [1.807, 2.05) is 0 Å². The SMILES string of the molecule is COc1ccc(C2C(C(=O)c3cc4cc(Cl)ccc4o3)=C(O)C(=O)N2c2ccc(OC(F)(F)F)cc2)cc1. The zero-order valence-corrected chi connectivity index (χ0v) is 20.2. The first kappa shape index (κ1) is 25.2. The third-order valence-electron chi connectivity index (χ3n) is 5.93. The van der Waals surface area contributed by atoms with Crippen LogP contribution < -0.4 is 14.4 Å². The second-order valence-corrected chi connectivity index (χ2v) is 8.71. The Morgan fingerprint density at radius 3 is 2.29 bits per heavy atom. The second kappa shape index (κ2) is 9.46. The summed E-state index contributed by atoms with van der Waals surface area (Å²) < 4.78 is 52.6. The quantitative estimate of drug-likeness (QED) is 0.270. The lowest BCUT2D eigenvalue weighted by molar-refractivity contribution is -0.274. The van der Waals surface area contributed by atoms with Gasteiger partial charge in [0, 0.05) is 16.1 Å². The van der Waals surface area contributed by atoms with E-state index in [4.69, 9.17) is 20.8 Å². The molecule has 5 rings (SSSR count). The highest BCUT2D eigenvalue weighted by Crippen LogP contribution is 2.43. The fourth-order valence-electron chi connectivity index (χ4n) is 4.27. The summed E-state index contributed by atoms with van der Waals surface area (Å²) in [6.45, 7) is 0. The van der Waals surface area contributed by atoms with E-state index in [0.717, 1.165) is 17.0 Å². The Kier molecular flexibility index (Phi) is 6.28. The van der Waals surface area contributed by atoms with E-state index in [9.17, 15) is 27.9 Å². The number of hydrogen-bond donors (Lipinski definition) is 1. The highest BCUT2D eigenvalue weighted by atomic mass is 35.5. The number of rotatable bonds is 6. The third kappa shape index (κ3) is 4.66. The van der Waals surface area contributed by atoms with Crippen LogP contribution in [0.1, 0.15) is 22.2 Å². The number of hydrogen-bond acceptors (Lipinski definition) is 6. The van der Waals surface area contributed by atoms with Crippen LogP contribution in [0.5, 0.6) is 11.5 Å². The van der Waals surface area contributed by atoms with E-state index in [-0.39, 0.29) is 17.0 Å². The molecule has 0 aliphatic carbocycles. The lowest BCUT2D eigenvalue weighted by atomic mass is 9.94. The Bertz CT molecular complexity index is 1580. The molecule has 0 saturated heterocycles. The Labute approximate surface area is 218 Å². The van der Waals surface area contributed by atoms with Gasteiger partial charge in [-0.1, -0.05) is 23.7 Å². The topological polar surface area (TPSA) is 89.2 Å². The van der Waals surface area contributed by atoms with Crippen molar-refractivity contribution < 1.29 is 41.8 Å². The van der Waals surface area contributed by atoms with Gasteiger partial charge < -0.3 is 19.0 Å². The molecule has 1 aliphatic heterocycles. The molecule has 3 aromatic carbocycles. The van der Waals surface area contributed by atoms with Crippen molar-refractivity contribution in [2.24, 2.45) is 0 Å². The molecule has 0 saturated carbocycles. The first-order chi connectivity index (χ1) is 18.1. The van der Waals surface area contributed by atoms with E-state index in [1.54, 1.807) is 42.5 Å². The van der Waals surface area contributed by atoms with E-state index < -0.39 is 35.6 Å². The largest absolute Gasteiger partial charge is 0.573 e. The van der Waals surface area contributed by atoms with Gasteiger partial charge in [-0.15, -0.1) is 13.2 Å². The molecular weight excluding hydrogens is 527 g/mol. The van der Waals surface area contributed by atoms with Crippen LogP contribution in [0.2, 0.25) is 5.02 Å². The fourth-order valence-corrected chi connectivity index (χ4v) is 4.45. The van der Waals surface area contributed by atoms with Crippen LogP contribution in [0, 0.1) is 0 Å². The Hall–Kier alpha value is -4.44. The first-order valence-electron chi connectivity index (χ1n) is 11.1. The van der Waals surface area contributed by atoms with E-state index in [1.165, 1.54) is 25.3 Å². The van der Waals surface area contributed by atoms with Gasteiger partial charge in [-0.2, -0.15) is 0 Å². The molecule has 0 bridgehead atoms. The average Bonchev–Trinajstić information content (AvgIpc) is 3.42. The molecule has 38 heavy (non-hydrogen) atoms. The average molecular weight is 544 g/mol. The molecule has 2 heterocycles. The highest BCUT2D eigenvalue weighted by molar-refractivity contribution is 6.31. The minimum Gasteiger partial charge on any atom is -0.503 e. The molecule has 1 aliphatic rings. The number of carbonyl (C=O) groups excluding carboxylic acids is 2. The summed E-state index contributed by atoms with van der Waals surface area (Å²) in [5.74, 6) is -2.60. The number of methoxy groups -OCH3 is 1. The van der Waals surface area contributed by atoms with Crippen molar-refractivity contribution in [3.05, 3.63) is 100 Å². The maximum Gasteiger partial charge on any atom is 0.573 e. The number of aliphatic hydroxyl groups excluding tert-OH is 1. The van der Waals surface area contributed by atoms with Gasteiger partial charge in [0.1, 0.15) is 17.1 Å². The standard InChI is InChI=1S/C27H17ClF3NO6/c1-36-18-7-2-14(3-8-18)23-22(24(33)21-13-15-12-16(28)4-11-20(15)37-21)25(34)26(35)32(23)17-5-9-19(10-6-17)38-27(29,30)31/h2-13,23,34H,1H3. The van der Waals surface area contributed by atoms with Gasteiger partial charge in [0.25, 0.3) is 5.91 Å². The summed E-state index contributed by atoms with van der Waals surface area (Å²) in [6, 6.07) is 16.0. The molecule has 11 heteroatoms. The molecule has 1 N–H and O–H groups in total. The molecule has 7 nitrogen and oxygen atoms in total. The van der Waals surface area contributed by atoms with Crippen molar-refractivity contribution in [1.82, 2.24) is 0 Å². The number of benzene rings is 3. The molecular formula is C27H17ClF3NO6. The smallest absolute Gasteiger partial charge is 0.503 e. The van der Waals surface area contributed by atoms with Gasteiger partial charge >= 0.3 is 6.36 Å². The number of aliphatic hydroxyl groups is 1. The number of furan rings is 1. The number of ketones is 1. The number of amides is 1. The number of nitrogens with zero attached hydrogens (tertiary/aromatic N) is 1. The van der Waals surface area contributed by atoms with Crippen LogP contribution in [0.25, 0.3) is 11.0 Å². The van der Waals surface area contributed by atoms with E-state index in [2.05, 4.69) is 4.74 Å². The number of alkyl halides is 3. The molecule has 1 atom stereocenters. The van der Waals surface area contributed by atoms with Crippen LogP contribution in [-0.4, -0.2) is 30.3 Å². The third-order valence-corrected chi connectivity index (χ3v) is 6.17. The van der Waals surface area contributed by atoms with Crippen LogP contribution in [-0.2, 0) is 4.79 Å². The maximum atomic E-state index is 13.7. The van der Waals surface area contributed by atoms with Crippen molar-refractivity contribution in [1.29, 1.82) is 0 Å². The number of Topliss-reactive ketones (excluding diaryl/α,β-unsaturated/α-hetero) is 1. The summed E-state index contributed by atoms with van der Waals surface area (Å²) in [7, 11) is 1.47.